The van der Waals surface area contributed by atoms with Crippen molar-refractivity contribution in [1.29, 1.82) is 0 Å². The second kappa shape index (κ2) is 8.06. The number of halogens is 1. The third-order valence-corrected chi connectivity index (χ3v) is 4.94. The van der Waals surface area contributed by atoms with Gasteiger partial charge in [-0.3, -0.25) is 4.79 Å². The molecule has 1 unspecified atom stereocenters. The van der Waals surface area contributed by atoms with Gasteiger partial charge in [-0.1, -0.05) is 39.8 Å². The van der Waals surface area contributed by atoms with Gasteiger partial charge in [0.1, 0.15) is 5.82 Å². The molecule has 0 saturated carbocycles. The number of benzene rings is 1. The lowest BCUT2D eigenvalue weighted by molar-refractivity contribution is -0.115. The molecule has 0 saturated heterocycles. The molecule has 2 rings (SSSR count). The molecule has 0 spiro atoms. The largest absolute Gasteiger partial charge is 0.301 e. The average molecular weight is 364 g/mol. The number of hydrogen-bond acceptors (Lipinski definition) is 4. The van der Waals surface area contributed by atoms with Crippen LogP contribution in [0.4, 0.5) is 9.52 Å². The van der Waals surface area contributed by atoms with E-state index in [4.69, 9.17) is 0 Å². The molecule has 136 valence electrons. The van der Waals surface area contributed by atoms with Crippen LogP contribution < -0.4 is 10.6 Å². The molecule has 0 aliphatic heterocycles. The number of carbonyl (C=O) groups is 1. The first-order valence-corrected chi connectivity index (χ1v) is 9.27. The molecule has 2 N–H and O–H groups in total. The Hall–Kier alpha value is -1.79. The minimum atomic E-state index is -0.264. The van der Waals surface area contributed by atoms with Gasteiger partial charge in [0.2, 0.25) is 5.91 Å². The van der Waals surface area contributed by atoms with Crippen LogP contribution in [0.2, 0.25) is 0 Å². The highest BCUT2D eigenvalue weighted by Crippen LogP contribution is 2.32. The second-order valence-electron chi connectivity index (χ2n) is 7.16. The van der Waals surface area contributed by atoms with E-state index in [9.17, 15) is 9.18 Å². The number of aryl methyl sites for hydroxylation is 2. The van der Waals surface area contributed by atoms with Crippen LogP contribution in [0.5, 0.6) is 0 Å². The van der Waals surface area contributed by atoms with Gasteiger partial charge < -0.3 is 10.6 Å². The van der Waals surface area contributed by atoms with Crippen LogP contribution in [0.3, 0.4) is 0 Å². The molecule has 0 aliphatic carbocycles. The van der Waals surface area contributed by atoms with E-state index in [2.05, 4.69) is 36.4 Å². The van der Waals surface area contributed by atoms with Gasteiger partial charge in [0, 0.05) is 10.9 Å². The highest BCUT2D eigenvalue weighted by Gasteiger charge is 2.26. The van der Waals surface area contributed by atoms with Gasteiger partial charge in [0.05, 0.1) is 12.2 Å². The van der Waals surface area contributed by atoms with Gasteiger partial charge in [-0.15, -0.1) is 11.3 Å². The van der Waals surface area contributed by atoms with Gasteiger partial charge in [-0.05, 0) is 36.5 Å². The molecule has 1 atom stereocenters. The first-order chi connectivity index (χ1) is 11.7. The molecule has 0 radical (unpaired) electrons. The van der Waals surface area contributed by atoms with Crippen LogP contribution in [-0.2, 0) is 11.2 Å². The second-order valence-corrected chi connectivity index (χ2v) is 8.36. The van der Waals surface area contributed by atoms with E-state index < -0.39 is 0 Å². The number of carbonyl (C=O) groups excluding carboxylic acids is 1. The van der Waals surface area contributed by atoms with Crippen molar-refractivity contribution in [2.75, 3.05) is 11.9 Å². The van der Waals surface area contributed by atoms with E-state index in [0.717, 1.165) is 22.6 Å². The Morgan fingerprint density at radius 3 is 2.44 bits per heavy atom. The molecule has 1 aromatic heterocycles. The van der Waals surface area contributed by atoms with Crippen molar-refractivity contribution < 1.29 is 9.18 Å². The molecule has 1 heterocycles. The third-order valence-electron chi connectivity index (χ3n) is 4.01. The molecule has 0 aliphatic rings. The molecule has 6 heteroatoms. The molecule has 4 nitrogen and oxygen atoms in total. The van der Waals surface area contributed by atoms with E-state index in [1.165, 1.54) is 23.5 Å². The van der Waals surface area contributed by atoms with Crippen molar-refractivity contribution in [2.24, 2.45) is 5.41 Å². The molecule has 0 fully saturated rings. The topological polar surface area (TPSA) is 54.0 Å². The summed E-state index contributed by atoms with van der Waals surface area (Å²) in [5, 5.41) is 6.78. The van der Waals surface area contributed by atoms with Crippen LogP contribution in [0.15, 0.2) is 24.3 Å². The fraction of sp³-hybridized carbons (Fsp3) is 0.474. The monoisotopic (exact) mass is 363 g/mol. The minimum Gasteiger partial charge on any atom is -0.301 e. The van der Waals surface area contributed by atoms with Crippen molar-refractivity contribution >= 4 is 22.4 Å². The summed E-state index contributed by atoms with van der Waals surface area (Å²) in [6.45, 7) is 10.5. The van der Waals surface area contributed by atoms with E-state index >= 15 is 0 Å². The Kier molecular flexibility index (Phi) is 6.30. The molecule has 1 aromatic carbocycles. The number of hydrogen-bond donors (Lipinski definition) is 2. The number of rotatable bonds is 6. The molecule has 2 aromatic rings. The number of nitrogens with zero attached hydrogens (tertiary/aromatic N) is 1. The van der Waals surface area contributed by atoms with Crippen LogP contribution in [-0.4, -0.2) is 17.4 Å². The van der Waals surface area contributed by atoms with E-state index in [0.29, 0.717) is 5.13 Å². The lowest BCUT2D eigenvalue weighted by Gasteiger charge is -2.32. The Morgan fingerprint density at radius 2 is 1.92 bits per heavy atom. The zero-order chi connectivity index (χ0) is 18.6. The van der Waals surface area contributed by atoms with Crippen molar-refractivity contribution in [1.82, 2.24) is 10.3 Å². The first kappa shape index (κ1) is 19.5. The summed E-state index contributed by atoms with van der Waals surface area (Å²) in [5.74, 6) is -0.396. The Labute approximate surface area is 152 Å². The Bertz CT molecular complexity index is 719. The molecule has 25 heavy (non-hydrogen) atoms. The van der Waals surface area contributed by atoms with Gasteiger partial charge in [-0.2, -0.15) is 0 Å². The zero-order valence-electron chi connectivity index (χ0n) is 15.4. The van der Waals surface area contributed by atoms with Crippen molar-refractivity contribution in [3.63, 3.8) is 0 Å². The van der Waals surface area contributed by atoms with Gasteiger partial charge in [0.15, 0.2) is 5.13 Å². The number of anilines is 1. The summed E-state index contributed by atoms with van der Waals surface area (Å²) >= 11 is 1.49. The summed E-state index contributed by atoms with van der Waals surface area (Å²) in [7, 11) is 0. The van der Waals surface area contributed by atoms with Crippen LogP contribution in [0, 0.1) is 18.2 Å². The lowest BCUT2D eigenvalue weighted by Crippen LogP contribution is -2.37. The predicted octanol–water partition coefficient (Wildman–Crippen LogP) is 4.47. The number of nitrogens with one attached hydrogen (secondary N) is 2. The van der Waals surface area contributed by atoms with Crippen molar-refractivity contribution in [3.05, 3.63) is 46.2 Å². The molecular weight excluding hydrogens is 337 g/mol. The fourth-order valence-electron chi connectivity index (χ4n) is 2.75. The quantitative estimate of drug-likeness (QED) is 0.796. The zero-order valence-corrected chi connectivity index (χ0v) is 16.3. The first-order valence-electron chi connectivity index (χ1n) is 8.45. The number of amides is 1. The summed E-state index contributed by atoms with van der Waals surface area (Å²) in [5.41, 5.74) is 1.86. The van der Waals surface area contributed by atoms with Gasteiger partial charge in [-0.25, -0.2) is 9.37 Å². The van der Waals surface area contributed by atoms with E-state index in [1.807, 2.05) is 13.8 Å². The summed E-state index contributed by atoms with van der Waals surface area (Å²) in [4.78, 5) is 17.8. The average Bonchev–Trinajstić information content (AvgIpc) is 2.87. The van der Waals surface area contributed by atoms with Crippen molar-refractivity contribution in [2.45, 2.75) is 47.1 Å². The summed E-state index contributed by atoms with van der Waals surface area (Å²) in [6.07, 6.45) is 0.854. The van der Waals surface area contributed by atoms with Gasteiger partial charge in [0.25, 0.3) is 0 Å². The fourth-order valence-corrected chi connectivity index (χ4v) is 3.67. The standard InChI is InChI=1S/C19H26FN3OS/c1-6-15-12(2)25-18(22-15)23-16(24)11-21-17(19(3,4)5)13-7-9-14(20)10-8-13/h7-10,17,21H,6,11H2,1-5H3,(H,22,23,24). The normalized spacial score (nSPS) is 12.9. The Morgan fingerprint density at radius 1 is 1.28 bits per heavy atom. The highest BCUT2D eigenvalue weighted by atomic mass is 32.1. The molecule has 1 amide bonds. The SMILES string of the molecule is CCc1nc(NC(=O)CNC(c2ccc(F)cc2)C(C)(C)C)sc1C. The smallest absolute Gasteiger partial charge is 0.240 e. The maximum Gasteiger partial charge on any atom is 0.240 e. The lowest BCUT2D eigenvalue weighted by atomic mass is 9.82. The van der Waals surface area contributed by atoms with Crippen LogP contribution in [0.25, 0.3) is 0 Å². The van der Waals surface area contributed by atoms with E-state index in [-0.39, 0.29) is 29.7 Å². The van der Waals surface area contributed by atoms with E-state index in [1.54, 1.807) is 12.1 Å². The molecule has 0 bridgehead atoms. The number of aromatic nitrogens is 1. The summed E-state index contributed by atoms with van der Waals surface area (Å²) in [6, 6.07) is 6.34. The predicted molar refractivity (Wildman–Crippen MR) is 101 cm³/mol. The van der Waals surface area contributed by atoms with Crippen molar-refractivity contribution in [3.8, 4) is 0 Å². The maximum absolute atomic E-state index is 13.2. The third kappa shape index (κ3) is 5.34. The minimum absolute atomic E-state index is 0.0666. The highest BCUT2D eigenvalue weighted by molar-refractivity contribution is 7.15. The molecular formula is C19H26FN3OS. The maximum atomic E-state index is 13.2. The van der Waals surface area contributed by atoms with Crippen LogP contribution >= 0.6 is 11.3 Å². The van der Waals surface area contributed by atoms with Gasteiger partial charge >= 0.3 is 0 Å². The summed E-state index contributed by atoms with van der Waals surface area (Å²) < 4.78 is 13.2. The Balaban J connectivity index is 2.02. The number of thiazole rings is 1. The van der Waals surface area contributed by atoms with Crippen LogP contribution in [0.1, 0.15) is 49.9 Å².